The molecule has 16 heavy (non-hydrogen) atoms. The average molecular weight is 217 g/mol. The highest BCUT2D eigenvalue weighted by molar-refractivity contribution is 5.55. The molecular weight excluding hydrogens is 198 g/mol. The van der Waals surface area contributed by atoms with Gasteiger partial charge in [0.1, 0.15) is 0 Å². The van der Waals surface area contributed by atoms with E-state index < -0.39 is 6.10 Å². The van der Waals surface area contributed by atoms with Crippen molar-refractivity contribution in [3.8, 4) is 12.3 Å². The number of aliphatic hydroxyl groups excluding tert-OH is 1. The van der Waals surface area contributed by atoms with Crippen LogP contribution in [0, 0.1) is 12.3 Å². The van der Waals surface area contributed by atoms with Crippen LogP contribution >= 0.6 is 0 Å². The fourth-order valence-electron chi connectivity index (χ4n) is 1.79. The molecule has 2 nitrogen and oxygen atoms in total. The predicted molar refractivity (Wildman–Crippen MR) is 68.4 cm³/mol. The van der Waals surface area contributed by atoms with E-state index in [1.165, 1.54) is 0 Å². The summed E-state index contributed by atoms with van der Waals surface area (Å²) in [6, 6.07) is 7.86. The van der Waals surface area contributed by atoms with E-state index >= 15 is 0 Å². The average Bonchev–Trinajstić information content (AvgIpc) is 2.29. The van der Waals surface area contributed by atoms with Gasteiger partial charge < -0.3 is 10.0 Å². The fourth-order valence-corrected chi connectivity index (χ4v) is 1.79. The summed E-state index contributed by atoms with van der Waals surface area (Å²) in [4.78, 5) is 2.13. The third-order valence-corrected chi connectivity index (χ3v) is 2.50. The molecule has 0 saturated carbocycles. The number of rotatable bonds is 5. The highest BCUT2D eigenvalue weighted by atomic mass is 16.3. The highest BCUT2D eigenvalue weighted by Crippen LogP contribution is 2.25. The zero-order chi connectivity index (χ0) is 12.0. The van der Waals surface area contributed by atoms with Gasteiger partial charge in [0, 0.05) is 17.8 Å². The van der Waals surface area contributed by atoms with Crippen LogP contribution in [0.25, 0.3) is 0 Å². The molecule has 0 saturated heterocycles. The number of hydrogen-bond acceptors (Lipinski definition) is 2. The van der Waals surface area contributed by atoms with Gasteiger partial charge in [0.15, 0.2) is 0 Å². The molecule has 0 heterocycles. The smallest absolute Gasteiger partial charge is 0.0791 e. The molecule has 0 bridgehead atoms. The molecule has 0 radical (unpaired) electrons. The normalized spacial score (nSPS) is 11.9. The van der Waals surface area contributed by atoms with Crippen molar-refractivity contribution in [1.29, 1.82) is 0 Å². The van der Waals surface area contributed by atoms with E-state index in [1.807, 2.05) is 24.3 Å². The van der Waals surface area contributed by atoms with Crippen LogP contribution < -0.4 is 4.90 Å². The first-order valence-electron chi connectivity index (χ1n) is 5.66. The third-order valence-electron chi connectivity index (χ3n) is 2.50. The lowest BCUT2D eigenvalue weighted by molar-refractivity contribution is 0.199. The summed E-state index contributed by atoms with van der Waals surface area (Å²) in [6.07, 6.45) is 5.94. The standard InChI is InChI=1S/C14H19NO/c1-4-10-15(11-5-2)14-9-7-6-8-13(14)12(3)16/h1,6-9,12,16H,5,10-11H2,2-3H3. The summed E-state index contributed by atoms with van der Waals surface area (Å²) in [5.74, 6) is 2.66. The van der Waals surface area contributed by atoms with E-state index in [0.717, 1.165) is 24.2 Å². The van der Waals surface area contributed by atoms with E-state index in [9.17, 15) is 5.11 Å². The first-order valence-corrected chi connectivity index (χ1v) is 5.66. The Balaban J connectivity index is 3.03. The van der Waals surface area contributed by atoms with E-state index in [1.54, 1.807) is 6.92 Å². The molecule has 0 amide bonds. The minimum Gasteiger partial charge on any atom is -0.389 e. The molecule has 0 aliphatic carbocycles. The van der Waals surface area contributed by atoms with Gasteiger partial charge in [-0.2, -0.15) is 0 Å². The topological polar surface area (TPSA) is 23.5 Å². The van der Waals surface area contributed by atoms with Crippen molar-refractivity contribution in [2.75, 3.05) is 18.0 Å². The first kappa shape index (κ1) is 12.6. The van der Waals surface area contributed by atoms with Crippen LogP contribution in [0.4, 0.5) is 5.69 Å². The number of terminal acetylenes is 1. The molecule has 86 valence electrons. The van der Waals surface area contributed by atoms with Crippen LogP contribution in [0.1, 0.15) is 31.9 Å². The van der Waals surface area contributed by atoms with E-state index in [-0.39, 0.29) is 0 Å². The van der Waals surface area contributed by atoms with Crippen molar-refractivity contribution >= 4 is 5.69 Å². The summed E-state index contributed by atoms with van der Waals surface area (Å²) in [5.41, 5.74) is 1.98. The zero-order valence-electron chi connectivity index (χ0n) is 9.98. The van der Waals surface area contributed by atoms with Gasteiger partial charge in [-0.05, 0) is 19.4 Å². The lowest BCUT2D eigenvalue weighted by Gasteiger charge is -2.25. The molecular formula is C14H19NO. The Hall–Kier alpha value is -1.46. The minimum atomic E-state index is -0.465. The summed E-state index contributed by atoms with van der Waals surface area (Å²) in [7, 11) is 0. The number of hydrogen-bond donors (Lipinski definition) is 1. The zero-order valence-corrected chi connectivity index (χ0v) is 9.98. The van der Waals surface area contributed by atoms with Gasteiger partial charge in [0.2, 0.25) is 0 Å². The van der Waals surface area contributed by atoms with Gasteiger partial charge in [-0.15, -0.1) is 6.42 Å². The Morgan fingerprint density at radius 2 is 2.12 bits per heavy atom. The summed E-state index contributed by atoms with van der Waals surface area (Å²) < 4.78 is 0. The molecule has 1 atom stereocenters. The Bertz CT molecular complexity index is 365. The molecule has 0 fully saturated rings. The molecule has 0 aliphatic rings. The van der Waals surface area contributed by atoms with Crippen molar-refractivity contribution < 1.29 is 5.11 Å². The number of aliphatic hydroxyl groups is 1. The molecule has 1 rings (SSSR count). The molecule has 1 aromatic carbocycles. The van der Waals surface area contributed by atoms with E-state index in [0.29, 0.717) is 6.54 Å². The fraction of sp³-hybridized carbons (Fsp3) is 0.429. The lowest BCUT2D eigenvalue weighted by Crippen LogP contribution is -2.25. The molecule has 1 unspecified atom stereocenters. The van der Waals surface area contributed by atoms with Gasteiger partial charge in [0.05, 0.1) is 12.6 Å². The van der Waals surface area contributed by atoms with Crippen LogP contribution in [0.15, 0.2) is 24.3 Å². The minimum absolute atomic E-state index is 0.465. The monoisotopic (exact) mass is 217 g/mol. The molecule has 0 aliphatic heterocycles. The van der Waals surface area contributed by atoms with Crippen LogP contribution in [-0.4, -0.2) is 18.2 Å². The maximum absolute atomic E-state index is 9.71. The van der Waals surface area contributed by atoms with Crippen LogP contribution in [-0.2, 0) is 0 Å². The van der Waals surface area contributed by atoms with Crippen molar-refractivity contribution in [1.82, 2.24) is 0 Å². The quantitative estimate of drug-likeness (QED) is 0.766. The second-order valence-corrected chi connectivity index (χ2v) is 3.86. The Labute approximate surface area is 97.9 Å². The third kappa shape index (κ3) is 3.01. The number of anilines is 1. The maximum Gasteiger partial charge on any atom is 0.0791 e. The molecule has 1 aromatic rings. The second kappa shape index (κ2) is 6.19. The Kier molecular flexibility index (Phi) is 4.88. The molecule has 2 heteroatoms. The SMILES string of the molecule is C#CCN(CCC)c1ccccc1C(C)O. The summed E-state index contributed by atoms with van der Waals surface area (Å²) in [5, 5.41) is 9.71. The largest absolute Gasteiger partial charge is 0.389 e. The summed E-state index contributed by atoms with van der Waals surface area (Å²) >= 11 is 0. The van der Waals surface area contributed by atoms with Crippen molar-refractivity contribution in [2.24, 2.45) is 0 Å². The first-order chi connectivity index (χ1) is 7.70. The lowest BCUT2D eigenvalue weighted by atomic mass is 10.1. The maximum atomic E-state index is 9.71. The second-order valence-electron chi connectivity index (χ2n) is 3.86. The number of para-hydroxylation sites is 1. The Morgan fingerprint density at radius 1 is 1.44 bits per heavy atom. The van der Waals surface area contributed by atoms with Gasteiger partial charge in [-0.25, -0.2) is 0 Å². The van der Waals surface area contributed by atoms with Crippen molar-refractivity contribution in [3.63, 3.8) is 0 Å². The van der Waals surface area contributed by atoms with E-state index in [4.69, 9.17) is 6.42 Å². The van der Waals surface area contributed by atoms with Crippen molar-refractivity contribution in [3.05, 3.63) is 29.8 Å². The van der Waals surface area contributed by atoms with Crippen LogP contribution in [0.2, 0.25) is 0 Å². The summed E-state index contributed by atoms with van der Waals surface area (Å²) in [6.45, 7) is 5.39. The number of nitrogens with zero attached hydrogens (tertiary/aromatic N) is 1. The van der Waals surface area contributed by atoms with Crippen molar-refractivity contribution in [2.45, 2.75) is 26.4 Å². The van der Waals surface area contributed by atoms with Crippen LogP contribution in [0.3, 0.4) is 0 Å². The number of benzene rings is 1. The van der Waals surface area contributed by atoms with Gasteiger partial charge in [-0.3, -0.25) is 0 Å². The van der Waals surface area contributed by atoms with Gasteiger partial charge in [0.25, 0.3) is 0 Å². The van der Waals surface area contributed by atoms with Crippen LogP contribution in [0.5, 0.6) is 0 Å². The van der Waals surface area contributed by atoms with Gasteiger partial charge >= 0.3 is 0 Å². The Morgan fingerprint density at radius 3 is 2.69 bits per heavy atom. The predicted octanol–water partition coefficient (Wildman–Crippen LogP) is 2.59. The highest BCUT2D eigenvalue weighted by Gasteiger charge is 2.12. The van der Waals surface area contributed by atoms with E-state index in [2.05, 4.69) is 17.7 Å². The van der Waals surface area contributed by atoms with Gasteiger partial charge in [-0.1, -0.05) is 31.0 Å². The molecule has 1 N–H and O–H groups in total. The molecule has 0 aromatic heterocycles. The molecule has 0 spiro atoms.